The van der Waals surface area contributed by atoms with Crippen LogP contribution in [0.2, 0.25) is 0 Å². The third-order valence-corrected chi connectivity index (χ3v) is 3.75. The van der Waals surface area contributed by atoms with Gasteiger partial charge in [0, 0.05) is 9.85 Å². The molecule has 8 heteroatoms. The van der Waals surface area contributed by atoms with Crippen LogP contribution in [0.15, 0.2) is 12.2 Å². The Bertz CT molecular complexity index is 462. The fraction of sp³-hybridized carbons (Fsp3) is 0.700. The Labute approximate surface area is 103 Å². The fourth-order valence-corrected chi connectivity index (χ4v) is 2.71. The van der Waals surface area contributed by atoms with Gasteiger partial charge in [0.1, 0.15) is 6.42 Å². The van der Waals surface area contributed by atoms with Gasteiger partial charge in [0.05, 0.1) is 13.1 Å². The predicted molar refractivity (Wildman–Crippen MR) is 60.3 cm³/mol. The van der Waals surface area contributed by atoms with E-state index in [0.717, 1.165) is 6.08 Å². The summed E-state index contributed by atoms with van der Waals surface area (Å²) in [4.78, 5) is 34.7. The summed E-state index contributed by atoms with van der Waals surface area (Å²) >= 11 is 0. The van der Waals surface area contributed by atoms with Crippen LogP contribution in [0, 0.1) is 20.2 Å². The standard InChI is InChI=1S/C10H13N3O5/c1-2-11-6-9(12(15)16)4-3-8(14)10(5-9,7-11)13(17)18/h3-4H,2,5-7H2,1H3/t9-,10+/m1/s1. The molecule has 0 aromatic rings. The van der Waals surface area contributed by atoms with Crippen LogP contribution in [0.25, 0.3) is 0 Å². The molecule has 2 bridgehead atoms. The highest BCUT2D eigenvalue weighted by Crippen LogP contribution is 2.38. The van der Waals surface area contributed by atoms with Gasteiger partial charge in [0.2, 0.25) is 5.78 Å². The zero-order valence-corrected chi connectivity index (χ0v) is 9.87. The van der Waals surface area contributed by atoms with Crippen molar-refractivity contribution in [3.8, 4) is 0 Å². The number of nitrogens with zero attached hydrogens (tertiary/aromatic N) is 3. The number of ketones is 1. The molecule has 2 atom stereocenters. The maximum absolute atomic E-state index is 11.8. The number of hydrogen-bond donors (Lipinski definition) is 0. The van der Waals surface area contributed by atoms with E-state index in [4.69, 9.17) is 0 Å². The quantitative estimate of drug-likeness (QED) is 0.514. The fourth-order valence-electron chi connectivity index (χ4n) is 2.71. The summed E-state index contributed by atoms with van der Waals surface area (Å²) < 4.78 is 0. The Morgan fingerprint density at radius 3 is 2.50 bits per heavy atom. The number of carbonyl (C=O) groups excluding carboxylic acids is 1. The van der Waals surface area contributed by atoms with Crippen molar-refractivity contribution in [2.45, 2.75) is 24.4 Å². The van der Waals surface area contributed by atoms with E-state index in [-0.39, 0.29) is 19.5 Å². The topological polar surface area (TPSA) is 107 Å². The first-order valence-electron chi connectivity index (χ1n) is 5.61. The third-order valence-electron chi connectivity index (χ3n) is 3.75. The molecule has 18 heavy (non-hydrogen) atoms. The van der Waals surface area contributed by atoms with E-state index in [1.54, 1.807) is 11.8 Å². The number of rotatable bonds is 3. The molecule has 2 rings (SSSR count). The van der Waals surface area contributed by atoms with Crippen LogP contribution in [0.5, 0.6) is 0 Å². The minimum absolute atomic E-state index is 0.0603. The Morgan fingerprint density at radius 1 is 1.33 bits per heavy atom. The van der Waals surface area contributed by atoms with Crippen molar-refractivity contribution in [1.29, 1.82) is 0 Å². The number of fused-ring (bicyclic) bond motifs is 2. The van der Waals surface area contributed by atoms with Crippen LogP contribution in [0.3, 0.4) is 0 Å². The number of hydrogen-bond acceptors (Lipinski definition) is 6. The summed E-state index contributed by atoms with van der Waals surface area (Å²) in [5.41, 5.74) is -3.38. The molecule has 2 aliphatic rings. The van der Waals surface area contributed by atoms with Gasteiger partial charge in [-0.2, -0.15) is 0 Å². The molecule has 1 aliphatic carbocycles. The molecule has 98 valence electrons. The molecule has 1 aliphatic heterocycles. The maximum atomic E-state index is 11.8. The van der Waals surface area contributed by atoms with Crippen molar-refractivity contribution in [2.24, 2.45) is 0 Å². The second kappa shape index (κ2) is 3.84. The minimum atomic E-state index is -1.86. The molecule has 0 N–H and O–H groups in total. The zero-order valence-electron chi connectivity index (χ0n) is 9.87. The summed E-state index contributed by atoms with van der Waals surface area (Å²) in [5, 5.41) is 22.4. The predicted octanol–water partition coefficient (Wildman–Crippen LogP) is -0.118. The van der Waals surface area contributed by atoms with E-state index in [0.29, 0.717) is 6.54 Å². The van der Waals surface area contributed by atoms with Crippen molar-refractivity contribution in [2.75, 3.05) is 19.6 Å². The maximum Gasteiger partial charge on any atom is 0.302 e. The van der Waals surface area contributed by atoms with Crippen LogP contribution in [-0.2, 0) is 4.79 Å². The van der Waals surface area contributed by atoms with E-state index in [2.05, 4.69) is 0 Å². The number of carbonyl (C=O) groups is 1. The van der Waals surface area contributed by atoms with Gasteiger partial charge in [0.25, 0.3) is 5.54 Å². The van der Waals surface area contributed by atoms with E-state index in [9.17, 15) is 25.0 Å². The molecule has 0 unspecified atom stereocenters. The summed E-state index contributed by atoms with van der Waals surface area (Å²) in [6.45, 7) is 2.24. The summed E-state index contributed by atoms with van der Waals surface area (Å²) in [7, 11) is 0. The van der Waals surface area contributed by atoms with Crippen molar-refractivity contribution < 1.29 is 14.6 Å². The first-order chi connectivity index (χ1) is 8.36. The number of piperidine rings is 1. The van der Waals surface area contributed by atoms with Gasteiger partial charge in [-0.15, -0.1) is 0 Å². The molecular weight excluding hydrogens is 242 g/mol. The van der Waals surface area contributed by atoms with Crippen LogP contribution < -0.4 is 0 Å². The lowest BCUT2D eigenvalue weighted by Gasteiger charge is -2.42. The second-order valence-corrected chi connectivity index (χ2v) is 4.83. The highest BCUT2D eigenvalue weighted by Gasteiger charge is 2.66. The Hall–Kier alpha value is -1.83. The monoisotopic (exact) mass is 255 g/mol. The van der Waals surface area contributed by atoms with Crippen LogP contribution in [0.4, 0.5) is 0 Å². The van der Waals surface area contributed by atoms with Gasteiger partial charge in [-0.1, -0.05) is 6.92 Å². The summed E-state index contributed by atoms with van der Waals surface area (Å²) in [6, 6.07) is 0. The number of likely N-dealkylation sites (N-methyl/N-ethyl adjacent to an activating group) is 1. The zero-order chi connectivity index (χ0) is 13.6. The van der Waals surface area contributed by atoms with E-state index in [1.807, 2.05) is 0 Å². The van der Waals surface area contributed by atoms with Crippen LogP contribution in [0.1, 0.15) is 13.3 Å². The average molecular weight is 255 g/mol. The minimum Gasteiger partial charge on any atom is -0.289 e. The summed E-state index contributed by atoms with van der Waals surface area (Å²) in [6.07, 6.45) is 1.85. The van der Waals surface area contributed by atoms with Gasteiger partial charge in [0.15, 0.2) is 0 Å². The molecule has 0 saturated carbocycles. The smallest absolute Gasteiger partial charge is 0.289 e. The molecule has 1 fully saturated rings. The van der Waals surface area contributed by atoms with Gasteiger partial charge < -0.3 is 0 Å². The van der Waals surface area contributed by atoms with Gasteiger partial charge >= 0.3 is 5.54 Å². The number of nitro groups is 2. The van der Waals surface area contributed by atoms with Crippen molar-refractivity contribution >= 4 is 5.78 Å². The molecule has 0 radical (unpaired) electrons. The highest BCUT2D eigenvalue weighted by molar-refractivity contribution is 5.98. The lowest BCUT2D eigenvalue weighted by atomic mass is 9.71. The Morgan fingerprint density at radius 2 is 2.00 bits per heavy atom. The second-order valence-electron chi connectivity index (χ2n) is 4.83. The van der Waals surface area contributed by atoms with Crippen molar-refractivity contribution in [1.82, 2.24) is 4.90 Å². The average Bonchev–Trinajstić information content (AvgIpc) is 2.33. The first kappa shape index (κ1) is 12.6. The van der Waals surface area contributed by atoms with Gasteiger partial charge in [-0.25, -0.2) is 0 Å². The molecule has 1 saturated heterocycles. The lowest BCUT2D eigenvalue weighted by molar-refractivity contribution is -0.607. The molecular formula is C10H13N3O5. The van der Waals surface area contributed by atoms with Crippen molar-refractivity contribution in [3.63, 3.8) is 0 Å². The molecule has 1 heterocycles. The van der Waals surface area contributed by atoms with E-state index >= 15 is 0 Å². The molecule has 0 amide bonds. The van der Waals surface area contributed by atoms with Crippen LogP contribution >= 0.6 is 0 Å². The van der Waals surface area contributed by atoms with E-state index in [1.165, 1.54) is 6.08 Å². The van der Waals surface area contributed by atoms with E-state index < -0.39 is 26.7 Å². The van der Waals surface area contributed by atoms with Gasteiger partial charge in [-0.05, 0) is 18.7 Å². The largest absolute Gasteiger partial charge is 0.302 e. The molecule has 8 nitrogen and oxygen atoms in total. The van der Waals surface area contributed by atoms with Crippen molar-refractivity contribution in [3.05, 3.63) is 32.4 Å². The lowest BCUT2D eigenvalue weighted by Crippen LogP contribution is -2.69. The first-order valence-corrected chi connectivity index (χ1v) is 5.61. The molecule has 0 spiro atoms. The SMILES string of the molecule is CCN1C[C@@]2([N+](=O)[O-])C=CC(=O)[C@@]([N+](=O)[O-])(C1)C2. The number of likely N-dealkylation sites (tertiary alicyclic amines) is 1. The molecule has 0 aromatic heterocycles. The Kier molecular flexibility index (Phi) is 2.69. The molecule has 0 aromatic carbocycles. The Balaban J connectivity index is 2.54. The van der Waals surface area contributed by atoms with Crippen LogP contribution in [-0.4, -0.2) is 51.2 Å². The highest BCUT2D eigenvalue weighted by atomic mass is 16.6. The van der Waals surface area contributed by atoms with Gasteiger partial charge in [-0.3, -0.25) is 29.9 Å². The normalized spacial score (nSPS) is 35.5. The summed E-state index contributed by atoms with van der Waals surface area (Å²) in [5.74, 6) is -0.650. The third kappa shape index (κ3) is 1.52.